The SMILES string of the molecule is CCNC(c1ccc(C(F)(F)F)cc1)c1ccccc1F. The molecule has 1 N–H and O–H groups in total. The Hall–Kier alpha value is -1.88. The second kappa shape index (κ2) is 6.26. The first-order chi connectivity index (χ1) is 9.93. The smallest absolute Gasteiger partial charge is 0.306 e. The standard InChI is InChI=1S/C16H15F4N/c1-2-21-15(13-5-3-4-6-14(13)17)11-7-9-12(10-8-11)16(18,19)20/h3-10,15,21H,2H2,1H3. The Bertz CT molecular complexity index is 590. The van der Waals surface area contributed by atoms with Crippen molar-refractivity contribution in [2.45, 2.75) is 19.1 Å². The summed E-state index contributed by atoms with van der Waals surface area (Å²) in [6.45, 7) is 2.43. The van der Waals surface area contributed by atoms with Gasteiger partial charge in [-0.25, -0.2) is 4.39 Å². The minimum Gasteiger partial charge on any atom is -0.306 e. The summed E-state index contributed by atoms with van der Waals surface area (Å²) >= 11 is 0. The lowest BCUT2D eigenvalue weighted by atomic mass is 9.97. The van der Waals surface area contributed by atoms with Crippen molar-refractivity contribution in [1.82, 2.24) is 5.32 Å². The number of hydrogen-bond donors (Lipinski definition) is 1. The molecule has 0 fully saturated rings. The maximum absolute atomic E-state index is 13.9. The minimum absolute atomic E-state index is 0.386. The van der Waals surface area contributed by atoms with Crippen LogP contribution in [0.15, 0.2) is 48.5 Å². The second-order valence-corrected chi connectivity index (χ2v) is 4.63. The van der Waals surface area contributed by atoms with E-state index in [9.17, 15) is 17.6 Å². The molecule has 1 nitrogen and oxygen atoms in total. The van der Waals surface area contributed by atoms with Crippen molar-refractivity contribution in [1.29, 1.82) is 0 Å². The predicted octanol–water partition coefficient (Wildman–Crippen LogP) is 4.54. The monoisotopic (exact) mass is 297 g/mol. The van der Waals surface area contributed by atoms with Crippen LogP contribution < -0.4 is 5.32 Å². The van der Waals surface area contributed by atoms with Gasteiger partial charge < -0.3 is 5.32 Å². The van der Waals surface area contributed by atoms with Crippen molar-refractivity contribution in [2.75, 3.05) is 6.54 Å². The van der Waals surface area contributed by atoms with Gasteiger partial charge in [0.1, 0.15) is 5.82 Å². The Labute approximate surface area is 120 Å². The first-order valence-electron chi connectivity index (χ1n) is 6.58. The third-order valence-corrected chi connectivity index (χ3v) is 3.20. The molecule has 5 heteroatoms. The van der Waals surface area contributed by atoms with E-state index in [4.69, 9.17) is 0 Å². The molecule has 21 heavy (non-hydrogen) atoms. The van der Waals surface area contributed by atoms with Crippen LogP contribution in [-0.2, 0) is 6.18 Å². The van der Waals surface area contributed by atoms with Crippen LogP contribution in [0.2, 0.25) is 0 Å². The molecule has 0 aliphatic carbocycles. The summed E-state index contributed by atoms with van der Waals surface area (Å²) in [5.74, 6) is -0.386. The highest BCUT2D eigenvalue weighted by Crippen LogP contribution is 2.31. The molecule has 0 spiro atoms. The van der Waals surface area contributed by atoms with Crippen molar-refractivity contribution in [2.24, 2.45) is 0 Å². The van der Waals surface area contributed by atoms with E-state index in [-0.39, 0.29) is 5.82 Å². The molecule has 0 aromatic heterocycles. The summed E-state index contributed by atoms with van der Waals surface area (Å²) in [7, 11) is 0. The quantitative estimate of drug-likeness (QED) is 0.817. The summed E-state index contributed by atoms with van der Waals surface area (Å²) in [4.78, 5) is 0. The van der Waals surface area contributed by atoms with Gasteiger partial charge in [0, 0.05) is 5.56 Å². The normalized spacial score (nSPS) is 13.2. The van der Waals surface area contributed by atoms with Crippen LogP contribution >= 0.6 is 0 Å². The van der Waals surface area contributed by atoms with E-state index < -0.39 is 17.8 Å². The number of halogens is 4. The van der Waals surface area contributed by atoms with Crippen molar-refractivity contribution in [3.8, 4) is 0 Å². The predicted molar refractivity (Wildman–Crippen MR) is 73.4 cm³/mol. The number of nitrogens with one attached hydrogen (secondary N) is 1. The summed E-state index contributed by atoms with van der Waals surface area (Å²) in [6.07, 6.45) is -4.37. The Morgan fingerprint density at radius 1 is 1.00 bits per heavy atom. The topological polar surface area (TPSA) is 12.0 Å². The fourth-order valence-electron chi connectivity index (χ4n) is 2.19. The molecule has 0 amide bonds. The molecule has 0 saturated heterocycles. The van der Waals surface area contributed by atoms with Crippen LogP contribution in [0.5, 0.6) is 0 Å². The molecule has 1 unspecified atom stereocenters. The van der Waals surface area contributed by atoms with E-state index in [0.29, 0.717) is 17.7 Å². The lowest BCUT2D eigenvalue weighted by Crippen LogP contribution is -2.23. The molecule has 0 heterocycles. The first kappa shape index (κ1) is 15.5. The summed E-state index contributed by atoms with van der Waals surface area (Å²) in [6, 6.07) is 10.6. The highest BCUT2D eigenvalue weighted by Gasteiger charge is 2.30. The molecule has 2 aromatic rings. The van der Waals surface area contributed by atoms with E-state index in [1.165, 1.54) is 18.2 Å². The van der Waals surface area contributed by atoms with Crippen molar-refractivity contribution in [3.05, 3.63) is 71.0 Å². The maximum atomic E-state index is 13.9. The van der Waals surface area contributed by atoms with Crippen LogP contribution in [0.1, 0.15) is 29.7 Å². The molecule has 0 bridgehead atoms. The Morgan fingerprint density at radius 2 is 1.62 bits per heavy atom. The molecule has 2 aromatic carbocycles. The zero-order valence-electron chi connectivity index (χ0n) is 11.4. The minimum atomic E-state index is -4.37. The zero-order chi connectivity index (χ0) is 15.5. The number of benzene rings is 2. The van der Waals surface area contributed by atoms with E-state index >= 15 is 0 Å². The van der Waals surface area contributed by atoms with Gasteiger partial charge in [-0.15, -0.1) is 0 Å². The average molecular weight is 297 g/mol. The highest BCUT2D eigenvalue weighted by atomic mass is 19.4. The fourth-order valence-corrected chi connectivity index (χ4v) is 2.19. The molecule has 112 valence electrons. The Balaban J connectivity index is 2.37. The third kappa shape index (κ3) is 3.61. The molecule has 0 radical (unpaired) electrons. The highest BCUT2D eigenvalue weighted by molar-refractivity contribution is 5.35. The van der Waals surface area contributed by atoms with Crippen LogP contribution in [0.3, 0.4) is 0 Å². The third-order valence-electron chi connectivity index (χ3n) is 3.20. The maximum Gasteiger partial charge on any atom is 0.416 e. The fraction of sp³-hybridized carbons (Fsp3) is 0.250. The summed E-state index contributed by atoms with van der Waals surface area (Å²) < 4.78 is 51.6. The molecule has 0 aliphatic heterocycles. The average Bonchev–Trinajstić information content (AvgIpc) is 2.45. The molecule has 0 aliphatic rings. The molecule has 0 saturated carbocycles. The number of alkyl halides is 3. The van der Waals surface area contributed by atoms with Gasteiger partial charge in [-0.1, -0.05) is 37.3 Å². The van der Waals surface area contributed by atoms with Crippen LogP contribution in [-0.4, -0.2) is 6.54 Å². The van der Waals surface area contributed by atoms with Gasteiger partial charge in [0.2, 0.25) is 0 Å². The Kier molecular flexibility index (Phi) is 4.63. The molecular weight excluding hydrogens is 282 g/mol. The lowest BCUT2D eigenvalue weighted by molar-refractivity contribution is -0.137. The van der Waals surface area contributed by atoms with Gasteiger partial charge >= 0.3 is 6.18 Å². The van der Waals surface area contributed by atoms with E-state index in [1.807, 2.05) is 6.92 Å². The van der Waals surface area contributed by atoms with E-state index in [1.54, 1.807) is 18.2 Å². The van der Waals surface area contributed by atoms with Gasteiger partial charge in [0.05, 0.1) is 11.6 Å². The second-order valence-electron chi connectivity index (χ2n) is 4.63. The summed E-state index contributed by atoms with van der Waals surface area (Å²) in [5, 5.41) is 3.09. The number of hydrogen-bond acceptors (Lipinski definition) is 1. The molecular formula is C16H15F4N. The van der Waals surface area contributed by atoms with Crippen molar-refractivity contribution >= 4 is 0 Å². The molecule has 2 rings (SSSR count). The van der Waals surface area contributed by atoms with Gasteiger partial charge in [0.15, 0.2) is 0 Å². The van der Waals surface area contributed by atoms with E-state index in [0.717, 1.165) is 12.1 Å². The first-order valence-corrected chi connectivity index (χ1v) is 6.58. The summed E-state index contributed by atoms with van der Waals surface area (Å²) in [5.41, 5.74) is 0.295. The van der Waals surface area contributed by atoms with Gasteiger partial charge in [-0.2, -0.15) is 13.2 Å². The van der Waals surface area contributed by atoms with Gasteiger partial charge in [0.25, 0.3) is 0 Å². The van der Waals surface area contributed by atoms with Crippen LogP contribution in [0, 0.1) is 5.82 Å². The van der Waals surface area contributed by atoms with Gasteiger partial charge in [-0.3, -0.25) is 0 Å². The Morgan fingerprint density at radius 3 is 2.14 bits per heavy atom. The van der Waals surface area contributed by atoms with Crippen LogP contribution in [0.25, 0.3) is 0 Å². The van der Waals surface area contributed by atoms with Crippen LogP contribution in [0.4, 0.5) is 17.6 Å². The van der Waals surface area contributed by atoms with Crippen molar-refractivity contribution < 1.29 is 17.6 Å². The largest absolute Gasteiger partial charge is 0.416 e. The lowest BCUT2D eigenvalue weighted by Gasteiger charge is -2.20. The van der Waals surface area contributed by atoms with Crippen molar-refractivity contribution in [3.63, 3.8) is 0 Å². The number of rotatable bonds is 4. The molecule has 1 atom stereocenters. The zero-order valence-corrected chi connectivity index (χ0v) is 11.4. The van der Waals surface area contributed by atoms with E-state index in [2.05, 4.69) is 5.32 Å². The van der Waals surface area contributed by atoms with Gasteiger partial charge in [-0.05, 0) is 30.3 Å².